The molecule has 0 aromatic heterocycles. The normalized spacial score (nSPS) is 11.4. The number of benzene rings is 1. The van der Waals surface area contributed by atoms with Crippen molar-refractivity contribution >= 4 is 35.1 Å². The monoisotopic (exact) mass is 374 g/mol. The van der Waals surface area contributed by atoms with Gasteiger partial charge < -0.3 is 9.47 Å². The highest BCUT2D eigenvalue weighted by molar-refractivity contribution is 6.42. The Hall–Kier alpha value is -1.30. The van der Waals surface area contributed by atoms with Gasteiger partial charge in [-0.3, -0.25) is 10.1 Å². The summed E-state index contributed by atoms with van der Waals surface area (Å²) in [5.74, 6) is -0.348. The molecule has 1 N–H and O–H groups in total. The molecule has 24 heavy (non-hydrogen) atoms. The third kappa shape index (κ3) is 7.99. The molecule has 0 radical (unpaired) electrons. The second-order valence-corrected chi connectivity index (χ2v) is 5.84. The molecule has 0 atom stereocenters. The topological polar surface area (TPSA) is 59.9 Å². The highest BCUT2D eigenvalue weighted by Crippen LogP contribution is 2.22. The average molecular weight is 375 g/mol. The zero-order valence-corrected chi connectivity index (χ0v) is 15.6. The second kappa shape index (κ2) is 12.1. The third-order valence-corrected chi connectivity index (χ3v) is 3.83. The number of nitrogens with zero attached hydrogens (tertiary/aromatic N) is 1. The number of rotatable bonds is 9. The van der Waals surface area contributed by atoms with Gasteiger partial charge in [0.15, 0.2) is 0 Å². The van der Waals surface area contributed by atoms with E-state index in [2.05, 4.69) is 17.2 Å². The number of halogens is 2. The van der Waals surface area contributed by atoms with Crippen LogP contribution in [0, 0.1) is 0 Å². The summed E-state index contributed by atoms with van der Waals surface area (Å²) in [6, 6.07) is 4.88. The summed E-state index contributed by atoms with van der Waals surface area (Å²) in [6.07, 6.45) is 3.12. The number of amidine groups is 1. The number of hydrogen-bond donors (Lipinski definition) is 1. The van der Waals surface area contributed by atoms with Crippen molar-refractivity contribution in [3.63, 3.8) is 0 Å². The smallest absolute Gasteiger partial charge is 0.291 e. The van der Waals surface area contributed by atoms with Crippen molar-refractivity contribution in [3.05, 3.63) is 33.8 Å². The molecular weight excluding hydrogens is 351 g/mol. The Morgan fingerprint density at radius 2 is 1.96 bits per heavy atom. The van der Waals surface area contributed by atoms with E-state index in [1.165, 1.54) is 6.07 Å². The van der Waals surface area contributed by atoms with Gasteiger partial charge in [-0.05, 0) is 31.5 Å². The molecule has 0 bridgehead atoms. The summed E-state index contributed by atoms with van der Waals surface area (Å²) < 4.78 is 10.7. The summed E-state index contributed by atoms with van der Waals surface area (Å²) in [4.78, 5) is 16.6. The summed E-state index contributed by atoms with van der Waals surface area (Å²) in [7, 11) is 0. The molecule has 0 aliphatic carbocycles. The van der Waals surface area contributed by atoms with Gasteiger partial charge in [0.25, 0.3) is 11.9 Å². The van der Waals surface area contributed by atoms with Crippen LogP contribution in [0.5, 0.6) is 0 Å². The van der Waals surface area contributed by atoms with Gasteiger partial charge in [-0.15, -0.1) is 0 Å². The van der Waals surface area contributed by atoms with E-state index in [1.807, 2.05) is 6.92 Å². The van der Waals surface area contributed by atoms with Gasteiger partial charge >= 0.3 is 0 Å². The number of carbonyl (C=O) groups is 1. The third-order valence-electron chi connectivity index (χ3n) is 3.09. The van der Waals surface area contributed by atoms with Gasteiger partial charge in [-0.2, -0.15) is 0 Å². The molecule has 0 aliphatic rings. The molecule has 1 amide bonds. The van der Waals surface area contributed by atoms with E-state index in [0.717, 1.165) is 19.3 Å². The minimum Gasteiger partial charge on any atom is -0.463 e. The Kier molecular flexibility index (Phi) is 10.5. The van der Waals surface area contributed by atoms with E-state index < -0.39 is 0 Å². The quantitative estimate of drug-likeness (QED) is 0.397. The zero-order valence-electron chi connectivity index (χ0n) is 14.1. The summed E-state index contributed by atoms with van der Waals surface area (Å²) >= 11 is 11.8. The Balaban J connectivity index is 2.66. The fraction of sp³-hybridized carbons (Fsp3) is 0.529. The molecule has 0 unspecified atom stereocenters. The van der Waals surface area contributed by atoms with Gasteiger partial charge in [0.05, 0.1) is 16.7 Å². The molecule has 0 heterocycles. The number of unbranched alkanes of at least 4 members (excludes halogenated alkanes) is 2. The molecule has 1 rings (SSSR count). The lowest BCUT2D eigenvalue weighted by molar-refractivity contribution is 0.0922. The van der Waals surface area contributed by atoms with Gasteiger partial charge in [-0.25, -0.2) is 4.99 Å². The highest BCUT2D eigenvalue weighted by atomic mass is 35.5. The van der Waals surface area contributed by atoms with Crippen LogP contribution in [-0.4, -0.2) is 38.3 Å². The number of ether oxygens (including phenoxy) is 2. The number of hydrogen-bond acceptors (Lipinski definition) is 4. The largest absolute Gasteiger partial charge is 0.463 e. The molecule has 134 valence electrons. The Bertz CT molecular complexity index is 551. The van der Waals surface area contributed by atoms with E-state index in [4.69, 9.17) is 32.7 Å². The maximum Gasteiger partial charge on any atom is 0.291 e. The van der Waals surface area contributed by atoms with Crippen LogP contribution in [0.15, 0.2) is 23.2 Å². The van der Waals surface area contributed by atoms with Crippen LogP contribution >= 0.6 is 23.2 Å². The van der Waals surface area contributed by atoms with Crippen molar-refractivity contribution in [1.29, 1.82) is 0 Å². The number of carbonyl (C=O) groups excluding carboxylic acids is 1. The van der Waals surface area contributed by atoms with E-state index in [-0.39, 0.29) is 11.9 Å². The predicted octanol–water partition coefficient (Wildman–Crippen LogP) is 4.32. The first-order valence-corrected chi connectivity index (χ1v) is 8.85. The molecule has 1 aromatic rings. The molecule has 5 nitrogen and oxygen atoms in total. The van der Waals surface area contributed by atoms with Crippen LogP contribution in [0.3, 0.4) is 0 Å². The van der Waals surface area contributed by atoms with Crippen molar-refractivity contribution in [2.24, 2.45) is 4.99 Å². The lowest BCUT2D eigenvalue weighted by Gasteiger charge is -2.11. The standard InChI is InChI=1S/C17H24Cl2N2O3/c1-3-5-6-9-20-17(24-11-10-23-4-2)21-16(22)13-7-8-14(18)15(19)12-13/h7-8,12H,3-6,9-11H2,1-2H3,(H,20,21,22). The van der Waals surface area contributed by atoms with Crippen molar-refractivity contribution in [3.8, 4) is 0 Å². The van der Waals surface area contributed by atoms with Crippen LogP contribution in [0.4, 0.5) is 0 Å². The first-order chi connectivity index (χ1) is 11.6. The van der Waals surface area contributed by atoms with E-state index >= 15 is 0 Å². The molecule has 0 saturated carbocycles. The summed E-state index contributed by atoms with van der Waals surface area (Å²) in [5.41, 5.74) is 0.388. The van der Waals surface area contributed by atoms with Crippen molar-refractivity contribution in [2.45, 2.75) is 33.1 Å². The van der Waals surface area contributed by atoms with Crippen molar-refractivity contribution in [2.75, 3.05) is 26.4 Å². The molecule has 0 saturated heterocycles. The maximum atomic E-state index is 12.3. The van der Waals surface area contributed by atoms with Crippen molar-refractivity contribution < 1.29 is 14.3 Å². The summed E-state index contributed by atoms with van der Waals surface area (Å²) in [6.45, 7) is 6.00. The van der Waals surface area contributed by atoms with Gasteiger partial charge in [-0.1, -0.05) is 43.0 Å². The molecule has 0 aliphatic heterocycles. The molecule has 1 aromatic carbocycles. The minimum absolute atomic E-state index is 0.196. The van der Waals surface area contributed by atoms with Crippen LogP contribution in [0.1, 0.15) is 43.5 Å². The van der Waals surface area contributed by atoms with E-state index in [0.29, 0.717) is 42.0 Å². The lowest BCUT2D eigenvalue weighted by Crippen LogP contribution is -2.33. The fourth-order valence-corrected chi connectivity index (χ4v) is 2.11. The van der Waals surface area contributed by atoms with E-state index in [1.54, 1.807) is 12.1 Å². The van der Waals surface area contributed by atoms with E-state index in [9.17, 15) is 4.79 Å². The first-order valence-electron chi connectivity index (χ1n) is 8.09. The second-order valence-electron chi connectivity index (χ2n) is 5.02. The molecule has 0 spiro atoms. The van der Waals surface area contributed by atoms with Crippen LogP contribution in [-0.2, 0) is 9.47 Å². The molecule has 7 heteroatoms. The lowest BCUT2D eigenvalue weighted by atomic mass is 10.2. The fourth-order valence-electron chi connectivity index (χ4n) is 1.81. The predicted molar refractivity (Wildman–Crippen MR) is 98.2 cm³/mol. The molecular formula is C17H24Cl2N2O3. The average Bonchev–Trinajstić information content (AvgIpc) is 2.57. The van der Waals surface area contributed by atoms with Gasteiger partial charge in [0.1, 0.15) is 6.61 Å². The number of aliphatic imine (C=N–C) groups is 1. The van der Waals surface area contributed by atoms with Crippen LogP contribution < -0.4 is 5.32 Å². The Morgan fingerprint density at radius 3 is 2.62 bits per heavy atom. The first kappa shape index (κ1) is 20.7. The molecule has 0 fully saturated rings. The highest BCUT2D eigenvalue weighted by Gasteiger charge is 2.11. The SMILES string of the molecule is CCCCCN=C(NC(=O)c1ccc(Cl)c(Cl)c1)OCCOCC. The Morgan fingerprint density at radius 1 is 1.17 bits per heavy atom. The Labute approximate surface area is 153 Å². The minimum atomic E-state index is -0.348. The van der Waals surface area contributed by atoms with Crippen LogP contribution in [0.25, 0.3) is 0 Å². The van der Waals surface area contributed by atoms with Crippen LogP contribution in [0.2, 0.25) is 10.0 Å². The van der Waals surface area contributed by atoms with Gasteiger partial charge in [0.2, 0.25) is 0 Å². The maximum absolute atomic E-state index is 12.3. The zero-order chi connectivity index (χ0) is 17.8. The summed E-state index contributed by atoms with van der Waals surface area (Å²) in [5, 5.41) is 3.39. The number of amides is 1. The van der Waals surface area contributed by atoms with Crippen molar-refractivity contribution in [1.82, 2.24) is 5.32 Å². The number of nitrogens with one attached hydrogen (secondary N) is 1. The van der Waals surface area contributed by atoms with Gasteiger partial charge in [0, 0.05) is 18.7 Å².